The fourth-order valence-corrected chi connectivity index (χ4v) is 4.08. The van der Waals surface area contributed by atoms with Gasteiger partial charge in [0.1, 0.15) is 18.4 Å². The van der Waals surface area contributed by atoms with E-state index in [0.29, 0.717) is 6.04 Å². The molecule has 0 spiro atoms. The number of hydrogen-bond donors (Lipinski definition) is 0. The van der Waals surface area contributed by atoms with E-state index < -0.39 is 0 Å². The van der Waals surface area contributed by atoms with Crippen LogP contribution < -0.4 is 15.5 Å². The minimum Gasteiger partial charge on any atom is -0.469 e. The van der Waals surface area contributed by atoms with E-state index in [9.17, 15) is 0 Å². The quantitative estimate of drug-likeness (QED) is 0.704. The van der Waals surface area contributed by atoms with Gasteiger partial charge in [-0.05, 0) is 49.1 Å². The van der Waals surface area contributed by atoms with E-state index >= 15 is 0 Å². The SMILES string of the molecule is C1=c2ccocc3n(C4CCN(c5ccccn5)CC4)ncn3c2=CCC1. The Morgan fingerprint density at radius 1 is 1.04 bits per heavy atom. The molecule has 0 aromatic carbocycles. The number of fused-ring (bicyclic) bond motifs is 3. The van der Waals surface area contributed by atoms with Crippen molar-refractivity contribution < 1.29 is 4.42 Å². The van der Waals surface area contributed by atoms with Crippen LogP contribution in [-0.2, 0) is 0 Å². The molecule has 2 aliphatic rings. The van der Waals surface area contributed by atoms with E-state index in [1.807, 2.05) is 30.7 Å². The average molecular weight is 361 g/mol. The van der Waals surface area contributed by atoms with E-state index in [1.165, 1.54) is 10.6 Å². The largest absolute Gasteiger partial charge is 0.469 e. The van der Waals surface area contributed by atoms with Crippen molar-refractivity contribution in [3.8, 4) is 0 Å². The Bertz CT molecular complexity index is 1100. The highest BCUT2D eigenvalue weighted by Crippen LogP contribution is 2.25. The molecule has 1 aliphatic heterocycles. The third-order valence-electron chi connectivity index (χ3n) is 5.48. The third-order valence-corrected chi connectivity index (χ3v) is 5.48. The molecule has 3 aromatic heterocycles. The van der Waals surface area contributed by atoms with Crippen LogP contribution in [-0.4, -0.2) is 32.3 Å². The molecule has 0 N–H and O–H groups in total. The molecular formula is C21H23N5O. The van der Waals surface area contributed by atoms with Crippen molar-refractivity contribution in [2.75, 3.05) is 18.0 Å². The topological polar surface area (TPSA) is 51.5 Å². The summed E-state index contributed by atoms with van der Waals surface area (Å²) in [5.74, 6) is 1.06. The smallest absolute Gasteiger partial charge is 0.171 e. The number of anilines is 1. The van der Waals surface area contributed by atoms with Gasteiger partial charge in [-0.15, -0.1) is 0 Å². The Morgan fingerprint density at radius 3 is 2.78 bits per heavy atom. The van der Waals surface area contributed by atoms with Crippen LogP contribution in [0.15, 0.2) is 53.7 Å². The molecule has 27 heavy (non-hydrogen) atoms. The summed E-state index contributed by atoms with van der Waals surface area (Å²) in [4.78, 5) is 6.83. The average Bonchev–Trinajstić information content (AvgIpc) is 3.13. The summed E-state index contributed by atoms with van der Waals surface area (Å²) < 4.78 is 9.93. The summed E-state index contributed by atoms with van der Waals surface area (Å²) in [5.41, 5.74) is 0.995. The molecule has 0 unspecified atom stereocenters. The van der Waals surface area contributed by atoms with Gasteiger partial charge >= 0.3 is 0 Å². The van der Waals surface area contributed by atoms with Crippen molar-refractivity contribution in [3.63, 3.8) is 0 Å². The van der Waals surface area contributed by atoms with Crippen LogP contribution in [0.25, 0.3) is 17.8 Å². The molecule has 6 heteroatoms. The van der Waals surface area contributed by atoms with Gasteiger partial charge in [0.2, 0.25) is 0 Å². The number of piperidine rings is 1. The lowest BCUT2D eigenvalue weighted by molar-refractivity contribution is 0.372. The number of nitrogens with zero attached hydrogens (tertiary/aromatic N) is 5. The zero-order valence-corrected chi connectivity index (χ0v) is 15.2. The van der Waals surface area contributed by atoms with E-state index in [1.54, 1.807) is 12.5 Å². The highest BCUT2D eigenvalue weighted by Gasteiger charge is 2.23. The summed E-state index contributed by atoms with van der Waals surface area (Å²) >= 11 is 0. The molecule has 0 radical (unpaired) electrons. The molecule has 5 rings (SSSR count). The number of rotatable bonds is 2. The summed E-state index contributed by atoms with van der Waals surface area (Å²) in [7, 11) is 0. The van der Waals surface area contributed by atoms with Gasteiger partial charge in [-0.3, -0.25) is 4.40 Å². The van der Waals surface area contributed by atoms with E-state index in [-0.39, 0.29) is 0 Å². The molecular weight excluding hydrogens is 338 g/mol. The maximum absolute atomic E-state index is 5.65. The first kappa shape index (κ1) is 16.2. The van der Waals surface area contributed by atoms with Crippen LogP contribution in [0.1, 0.15) is 31.7 Å². The monoisotopic (exact) mass is 361 g/mol. The predicted molar refractivity (Wildman–Crippen MR) is 105 cm³/mol. The molecule has 1 fully saturated rings. The Balaban J connectivity index is 1.50. The predicted octanol–water partition coefficient (Wildman–Crippen LogP) is 2.44. The number of hydrogen-bond acceptors (Lipinski definition) is 4. The fraction of sp³-hybridized carbons (Fsp3) is 0.333. The van der Waals surface area contributed by atoms with Crippen LogP contribution in [0.2, 0.25) is 0 Å². The van der Waals surface area contributed by atoms with Gasteiger partial charge in [0.15, 0.2) is 5.65 Å². The van der Waals surface area contributed by atoms with Crippen LogP contribution in [0.3, 0.4) is 0 Å². The summed E-state index contributed by atoms with van der Waals surface area (Å²) in [6.07, 6.45) is 16.1. The van der Waals surface area contributed by atoms with Gasteiger partial charge in [-0.1, -0.05) is 18.2 Å². The first-order chi connectivity index (χ1) is 13.4. The molecule has 0 atom stereocenters. The van der Waals surface area contributed by atoms with Crippen molar-refractivity contribution >= 4 is 23.6 Å². The van der Waals surface area contributed by atoms with Crippen LogP contribution in [0.5, 0.6) is 0 Å². The molecule has 6 nitrogen and oxygen atoms in total. The van der Waals surface area contributed by atoms with Gasteiger partial charge in [0.25, 0.3) is 0 Å². The molecule has 1 saturated heterocycles. The highest BCUT2D eigenvalue weighted by molar-refractivity contribution is 5.41. The highest BCUT2D eigenvalue weighted by atomic mass is 16.3. The lowest BCUT2D eigenvalue weighted by Gasteiger charge is -2.32. The first-order valence-electron chi connectivity index (χ1n) is 9.61. The van der Waals surface area contributed by atoms with Crippen molar-refractivity contribution in [2.24, 2.45) is 0 Å². The van der Waals surface area contributed by atoms with E-state index in [2.05, 4.69) is 37.2 Å². The summed E-state index contributed by atoms with van der Waals surface area (Å²) in [6, 6.07) is 8.48. The van der Waals surface area contributed by atoms with Crippen molar-refractivity contribution in [3.05, 3.63) is 59.9 Å². The summed E-state index contributed by atoms with van der Waals surface area (Å²) in [5, 5.41) is 7.13. The van der Waals surface area contributed by atoms with Crippen LogP contribution in [0, 0.1) is 0 Å². The Hall–Kier alpha value is -3.02. The lowest BCUT2D eigenvalue weighted by atomic mass is 10.1. The van der Waals surface area contributed by atoms with Gasteiger partial charge in [0, 0.05) is 19.3 Å². The second-order valence-corrected chi connectivity index (χ2v) is 7.09. The normalized spacial score (nSPS) is 17.1. The minimum atomic E-state index is 0.362. The second-order valence-electron chi connectivity index (χ2n) is 7.09. The number of aromatic nitrogens is 4. The zero-order chi connectivity index (χ0) is 18.1. The van der Waals surface area contributed by atoms with Crippen molar-refractivity contribution in [2.45, 2.75) is 31.7 Å². The maximum atomic E-state index is 5.65. The maximum Gasteiger partial charge on any atom is 0.171 e. The van der Waals surface area contributed by atoms with E-state index in [0.717, 1.165) is 50.2 Å². The van der Waals surface area contributed by atoms with Crippen LogP contribution >= 0.6 is 0 Å². The van der Waals surface area contributed by atoms with Crippen molar-refractivity contribution in [1.29, 1.82) is 0 Å². The first-order valence-corrected chi connectivity index (χ1v) is 9.61. The molecule has 0 bridgehead atoms. The standard InChI is InChI=1S/C21H23N5O/c1-2-6-19-17(5-1)10-14-27-15-21-25(19)16-23-26(21)18-8-12-24(13-9-18)20-7-3-4-11-22-20/h3-7,10-11,14-16,18H,1-2,8-9,12-13H2. The Kier molecular flexibility index (Phi) is 4.16. The Morgan fingerprint density at radius 2 is 1.93 bits per heavy atom. The van der Waals surface area contributed by atoms with Gasteiger partial charge in [-0.2, -0.15) is 5.10 Å². The number of pyridine rings is 1. The Labute approximate surface area is 157 Å². The molecule has 1 aliphatic carbocycles. The molecule has 3 aromatic rings. The lowest BCUT2D eigenvalue weighted by Crippen LogP contribution is -2.35. The fourth-order valence-electron chi connectivity index (χ4n) is 4.08. The third kappa shape index (κ3) is 3.01. The van der Waals surface area contributed by atoms with Gasteiger partial charge in [0.05, 0.1) is 17.7 Å². The van der Waals surface area contributed by atoms with Crippen LogP contribution in [0.4, 0.5) is 5.82 Å². The second kappa shape index (κ2) is 6.95. The zero-order valence-electron chi connectivity index (χ0n) is 15.2. The molecule has 0 saturated carbocycles. The molecule has 0 amide bonds. The van der Waals surface area contributed by atoms with Gasteiger partial charge < -0.3 is 9.32 Å². The molecule has 138 valence electrons. The molecule has 4 heterocycles. The van der Waals surface area contributed by atoms with Gasteiger partial charge in [-0.25, -0.2) is 9.67 Å². The van der Waals surface area contributed by atoms with E-state index in [4.69, 9.17) is 9.52 Å². The summed E-state index contributed by atoms with van der Waals surface area (Å²) in [6.45, 7) is 1.96. The van der Waals surface area contributed by atoms with Crippen molar-refractivity contribution in [1.82, 2.24) is 19.2 Å². The minimum absolute atomic E-state index is 0.362.